The van der Waals surface area contributed by atoms with Gasteiger partial charge in [-0.05, 0) is 24.6 Å². The molecule has 18 heavy (non-hydrogen) atoms. The maximum atomic E-state index is 5.79. The van der Waals surface area contributed by atoms with E-state index in [4.69, 9.17) is 21.1 Å². The molecule has 2 aromatic rings. The highest BCUT2D eigenvalue weighted by Crippen LogP contribution is 2.30. The standard InChI is InChI=1S/C14H14ClNO2/c1-10-11(9-15)7-8-14(16-10)18-13-6-4-3-5-12(13)17-2/h3-8H,9H2,1-2H3. The zero-order valence-corrected chi connectivity index (χ0v) is 11.1. The van der Waals surface area contributed by atoms with Gasteiger partial charge < -0.3 is 9.47 Å². The molecule has 0 N–H and O–H groups in total. The number of alkyl halides is 1. The normalized spacial score (nSPS) is 10.2. The lowest BCUT2D eigenvalue weighted by atomic mass is 10.2. The molecule has 3 nitrogen and oxygen atoms in total. The van der Waals surface area contributed by atoms with E-state index in [9.17, 15) is 0 Å². The van der Waals surface area contributed by atoms with Crippen molar-refractivity contribution in [1.82, 2.24) is 4.98 Å². The molecule has 1 aromatic heterocycles. The van der Waals surface area contributed by atoms with Crippen LogP contribution in [-0.2, 0) is 5.88 Å². The molecule has 4 heteroatoms. The van der Waals surface area contributed by atoms with Gasteiger partial charge in [-0.3, -0.25) is 0 Å². The molecule has 0 bridgehead atoms. The molecule has 0 amide bonds. The van der Waals surface area contributed by atoms with Crippen molar-refractivity contribution in [3.63, 3.8) is 0 Å². The van der Waals surface area contributed by atoms with Crippen LogP contribution in [0.2, 0.25) is 0 Å². The van der Waals surface area contributed by atoms with Gasteiger partial charge in [0.05, 0.1) is 7.11 Å². The number of aromatic nitrogens is 1. The topological polar surface area (TPSA) is 31.4 Å². The minimum absolute atomic E-state index is 0.452. The van der Waals surface area contributed by atoms with E-state index in [1.54, 1.807) is 13.2 Å². The number of para-hydroxylation sites is 2. The summed E-state index contributed by atoms with van der Waals surface area (Å²) in [5, 5.41) is 0. The lowest BCUT2D eigenvalue weighted by Gasteiger charge is -2.10. The van der Waals surface area contributed by atoms with Crippen molar-refractivity contribution in [3.05, 3.63) is 47.7 Å². The third-order valence-electron chi connectivity index (χ3n) is 2.60. The number of aryl methyl sites for hydroxylation is 1. The van der Waals surface area contributed by atoms with Crippen molar-refractivity contribution in [2.24, 2.45) is 0 Å². The molecule has 2 rings (SSSR count). The molecular formula is C14H14ClNO2. The zero-order valence-electron chi connectivity index (χ0n) is 10.3. The molecule has 0 aliphatic rings. The summed E-state index contributed by atoms with van der Waals surface area (Å²) in [5.74, 6) is 2.31. The van der Waals surface area contributed by atoms with E-state index in [2.05, 4.69) is 4.98 Å². The Kier molecular flexibility index (Phi) is 4.05. The molecule has 1 heterocycles. The second-order valence-corrected chi connectivity index (χ2v) is 4.05. The Morgan fingerprint density at radius 2 is 1.83 bits per heavy atom. The van der Waals surface area contributed by atoms with E-state index < -0.39 is 0 Å². The van der Waals surface area contributed by atoms with Gasteiger partial charge in [0.25, 0.3) is 0 Å². The molecular weight excluding hydrogens is 250 g/mol. The highest BCUT2D eigenvalue weighted by atomic mass is 35.5. The van der Waals surface area contributed by atoms with E-state index in [0.717, 1.165) is 11.3 Å². The van der Waals surface area contributed by atoms with Gasteiger partial charge in [-0.1, -0.05) is 18.2 Å². The molecule has 0 saturated heterocycles. The quantitative estimate of drug-likeness (QED) is 0.783. The third kappa shape index (κ3) is 2.74. The van der Waals surface area contributed by atoms with Crippen molar-refractivity contribution >= 4 is 11.6 Å². The van der Waals surface area contributed by atoms with E-state index in [1.807, 2.05) is 37.3 Å². The van der Waals surface area contributed by atoms with E-state index in [1.165, 1.54) is 0 Å². The van der Waals surface area contributed by atoms with Gasteiger partial charge in [-0.25, -0.2) is 4.98 Å². The largest absolute Gasteiger partial charge is 0.493 e. The minimum atomic E-state index is 0.452. The van der Waals surface area contributed by atoms with Gasteiger partial charge in [0.1, 0.15) is 0 Å². The molecule has 0 radical (unpaired) electrons. The summed E-state index contributed by atoms with van der Waals surface area (Å²) in [7, 11) is 1.61. The molecule has 94 valence electrons. The molecule has 1 aromatic carbocycles. The number of halogens is 1. The maximum Gasteiger partial charge on any atom is 0.219 e. The van der Waals surface area contributed by atoms with E-state index in [0.29, 0.717) is 23.3 Å². The van der Waals surface area contributed by atoms with Gasteiger partial charge in [0, 0.05) is 17.6 Å². The zero-order chi connectivity index (χ0) is 13.0. The smallest absolute Gasteiger partial charge is 0.219 e. The molecule has 0 spiro atoms. The Hall–Kier alpha value is -1.74. The van der Waals surface area contributed by atoms with Crippen LogP contribution in [0, 0.1) is 6.92 Å². The Labute approximate surface area is 111 Å². The fraction of sp³-hybridized carbons (Fsp3) is 0.214. The van der Waals surface area contributed by atoms with Gasteiger partial charge in [-0.15, -0.1) is 11.6 Å². The fourth-order valence-electron chi connectivity index (χ4n) is 1.58. The van der Waals surface area contributed by atoms with Crippen molar-refractivity contribution in [2.75, 3.05) is 7.11 Å². The van der Waals surface area contributed by atoms with Gasteiger partial charge in [0.15, 0.2) is 11.5 Å². The summed E-state index contributed by atoms with van der Waals surface area (Å²) in [5.41, 5.74) is 1.88. The summed E-state index contributed by atoms with van der Waals surface area (Å²) in [6, 6.07) is 11.2. The predicted molar refractivity (Wildman–Crippen MR) is 71.6 cm³/mol. The monoisotopic (exact) mass is 263 g/mol. The number of pyridine rings is 1. The van der Waals surface area contributed by atoms with Crippen LogP contribution in [-0.4, -0.2) is 12.1 Å². The molecule has 0 saturated carbocycles. The maximum absolute atomic E-state index is 5.79. The Bertz CT molecular complexity index is 543. The van der Waals surface area contributed by atoms with Crippen LogP contribution in [0.15, 0.2) is 36.4 Å². The number of nitrogens with zero attached hydrogens (tertiary/aromatic N) is 1. The predicted octanol–water partition coefficient (Wildman–Crippen LogP) is 3.93. The van der Waals surface area contributed by atoms with Gasteiger partial charge in [0.2, 0.25) is 5.88 Å². The van der Waals surface area contributed by atoms with Crippen LogP contribution in [0.4, 0.5) is 0 Å². The molecule has 0 aliphatic heterocycles. The number of rotatable bonds is 4. The lowest BCUT2D eigenvalue weighted by molar-refractivity contribution is 0.374. The molecule has 0 fully saturated rings. The third-order valence-corrected chi connectivity index (χ3v) is 2.89. The number of benzene rings is 1. The molecule has 0 unspecified atom stereocenters. The van der Waals surface area contributed by atoms with Crippen LogP contribution in [0.5, 0.6) is 17.4 Å². The number of methoxy groups -OCH3 is 1. The summed E-state index contributed by atoms with van der Waals surface area (Å²) in [6.07, 6.45) is 0. The summed E-state index contributed by atoms with van der Waals surface area (Å²) in [6.45, 7) is 1.91. The van der Waals surface area contributed by atoms with Crippen LogP contribution in [0.25, 0.3) is 0 Å². The first kappa shape index (κ1) is 12.7. The first-order valence-corrected chi connectivity index (χ1v) is 6.11. The van der Waals surface area contributed by atoms with Gasteiger partial charge in [-0.2, -0.15) is 0 Å². The highest BCUT2D eigenvalue weighted by molar-refractivity contribution is 6.17. The van der Waals surface area contributed by atoms with Crippen molar-refractivity contribution in [1.29, 1.82) is 0 Å². The number of ether oxygens (including phenoxy) is 2. The fourth-order valence-corrected chi connectivity index (χ4v) is 1.86. The summed E-state index contributed by atoms with van der Waals surface area (Å²) < 4.78 is 10.9. The molecule has 0 atom stereocenters. The van der Waals surface area contributed by atoms with E-state index in [-0.39, 0.29) is 0 Å². The highest BCUT2D eigenvalue weighted by Gasteiger charge is 2.06. The Morgan fingerprint density at radius 3 is 2.44 bits per heavy atom. The first-order chi connectivity index (χ1) is 8.74. The summed E-state index contributed by atoms with van der Waals surface area (Å²) >= 11 is 5.79. The minimum Gasteiger partial charge on any atom is -0.493 e. The number of hydrogen-bond donors (Lipinski definition) is 0. The average molecular weight is 264 g/mol. The second kappa shape index (κ2) is 5.74. The van der Waals surface area contributed by atoms with E-state index >= 15 is 0 Å². The van der Waals surface area contributed by atoms with Crippen molar-refractivity contribution < 1.29 is 9.47 Å². The Balaban J connectivity index is 2.26. The van der Waals surface area contributed by atoms with Crippen LogP contribution >= 0.6 is 11.6 Å². The number of hydrogen-bond acceptors (Lipinski definition) is 3. The van der Waals surface area contributed by atoms with Crippen LogP contribution in [0.3, 0.4) is 0 Å². The SMILES string of the molecule is COc1ccccc1Oc1ccc(CCl)c(C)n1. The average Bonchev–Trinajstić information content (AvgIpc) is 2.39. The summed E-state index contributed by atoms with van der Waals surface area (Å²) in [4.78, 5) is 4.35. The lowest BCUT2D eigenvalue weighted by Crippen LogP contribution is -1.95. The van der Waals surface area contributed by atoms with Gasteiger partial charge >= 0.3 is 0 Å². The molecule has 0 aliphatic carbocycles. The second-order valence-electron chi connectivity index (χ2n) is 3.78. The van der Waals surface area contributed by atoms with Crippen LogP contribution < -0.4 is 9.47 Å². The van der Waals surface area contributed by atoms with Crippen molar-refractivity contribution in [2.45, 2.75) is 12.8 Å². The van der Waals surface area contributed by atoms with Crippen molar-refractivity contribution in [3.8, 4) is 17.4 Å². The van der Waals surface area contributed by atoms with Crippen LogP contribution in [0.1, 0.15) is 11.3 Å². The first-order valence-electron chi connectivity index (χ1n) is 5.58. The Morgan fingerprint density at radius 1 is 1.11 bits per heavy atom.